The maximum Gasteiger partial charge on any atom is 0.241 e. The van der Waals surface area contributed by atoms with Crippen LogP contribution in [0.3, 0.4) is 0 Å². The molecule has 4 aromatic rings. The molecule has 3 aromatic carbocycles. The molecule has 0 unspecified atom stereocenters. The first-order valence-corrected chi connectivity index (χ1v) is 13.9. The average Bonchev–Trinajstić information content (AvgIpc) is 2.93. The van der Waals surface area contributed by atoms with Crippen molar-refractivity contribution in [3.63, 3.8) is 0 Å². The van der Waals surface area contributed by atoms with Crippen LogP contribution in [0.25, 0.3) is 10.8 Å². The van der Waals surface area contributed by atoms with E-state index in [9.17, 15) is 8.42 Å². The van der Waals surface area contributed by atoms with E-state index < -0.39 is 16.2 Å². The minimum Gasteiger partial charge on any atom is -0.290 e. The maximum atomic E-state index is 13.2. The summed E-state index contributed by atoms with van der Waals surface area (Å²) in [5, 5.41) is 9.12. The van der Waals surface area contributed by atoms with Crippen LogP contribution < -0.4 is 15.4 Å². The summed E-state index contributed by atoms with van der Waals surface area (Å²) in [6, 6.07) is 21.3. The van der Waals surface area contributed by atoms with Crippen LogP contribution in [0, 0.1) is 23.7 Å². The molecule has 4 rings (SSSR count). The van der Waals surface area contributed by atoms with Crippen LogP contribution in [-0.4, -0.2) is 39.2 Å². The van der Waals surface area contributed by atoms with Gasteiger partial charge in [0.05, 0.1) is 24.2 Å². The van der Waals surface area contributed by atoms with E-state index >= 15 is 0 Å². The zero-order chi connectivity index (χ0) is 26.8. The highest BCUT2D eigenvalue weighted by molar-refractivity contribution is 7.89. The van der Waals surface area contributed by atoms with Crippen molar-refractivity contribution in [3.8, 4) is 23.7 Å². The fourth-order valence-corrected chi connectivity index (χ4v) is 5.05. The molecule has 9 heteroatoms. The highest BCUT2D eigenvalue weighted by Gasteiger charge is 2.19. The molecule has 1 aromatic heterocycles. The average molecular weight is 564 g/mol. The van der Waals surface area contributed by atoms with Gasteiger partial charge in [-0.15, -0.1) is 0 Å². The molecule has 0 saturated carbocycles. The van der Waals surface area contributed by atoms with Gasteiger partial charge < -0.3 is 0 Å². The number of nitrogens with zero attached hydrogens (tertiary/aromatic N) is 1. The molecule has 0 fully saturated rings. The van der Waals surface area contributed by atoms with E-state index in [0.717, 1.165) is 16.5 Å². The molecule has 0 aliphatic carbocycles. The molecule has 0 aliphatic heterocycles. The normalized spacial score (nSPS) is 11.0. The van der Waals surface area contributed by atoms with Gasteiger partial charge in [0.1, 0.15) is 0 Å². The molecule has 0 spiro atoms. The monoisotopic (exact) mass is 562 g/mol. The quantitative estimate of drug-likeness (QED) is 0.218. The zero-order valence-corrected chi connectivity index (χ0v) is 22.5. The van der Waals surface area contributed by atoms with Crippen molar-refractivity contribution < 1.29 is 8.42 Å². The molecule has 38 heavy (non-hydrogen) atoms. The van der Waals surface area contributed by atoms with Gasteiger partial charge in [0.25, 0.3) is 0 Å². The standard InChI is InChI=1S/C29H24Cl2N4O2S/c30-25-12-8-22(9-13-25)4-2-17-33-29(34-18-3-5-23-10-14-26(31)15-11-23)21-35-38(36,37)28-7-1-6-24-20-32-19-16-27(24)28/h1,6-16,19-20,29,33-35H,17-18,21H2. The number of benzene rings is 3. The van der Waals surface area contributed by atoms with E-state index in [1.807, 2.05) is 30.3 Å². The van der Waals surface area contributed by atoms with E-state index in [1.54, 1.807) is 54.9 Å². The van der Waals surface area contributed by atoms with Gasteiger partial charge in [0.15, 0.2) is 0 Å². The molecule has 0 radical (unpaired) electrons. The highest BCUT2D eigenvalue weighted by atomic mass is 35.5. The molecule has 6 nitrogen and oxygen atoms in total. The molecule has 192 valence electrons. The van der Waals surface area contributed by atoms with Crippen molar-refractivity contribution in [2.45, 2.75) is 11.1 Å². The number of sulfonamides is 1. The van der Waals surface area contributed by atoms with Crippen LogP contribution in [0.5, 0.6) is 0 Å². The number of hydrogen-bond donors (Lipinski definition) is 3. The lowest BCUT2D eigenvalue weighted by Crippen LogP contribution is -2.50. The van der Waals surface area contributed by atoms with Gasteiger partial charge in [-0.25, -0.2) is 13.1 Å². The van der Waals surface area contributed by atoms with Gasteiger partial charge >= 0.3 is 0 Å². The zero-order valence-electron chi connectivity index (χ0n) is 20.2. The SMILES string of the molecule is O=S(=O)(NCC(NCC#Cc1ccc(Cl)cc1)NCC#Cc1ccc(Cl)cc1)c1cccc2cnccc12. The Balaban J connectivity index is 1.43. The third-order valence-electron chi connectivity index (χ3n) is 5.44. The van der Waals surface area contributed by atoms with Crippen molar-refractivity contribution >= 4 is 44.0 Å². The van der Waals surface area contributed by atoms with Crippen LogP contribution in [0.15, 0.2) is 90.1 Å². The van der Waals surface area contributed by atoms with Crippen LogP contribution in [0.4, 0.5) is 0 Å². The molecular weight excluding hydrogens is 539 g/mol. The molecule has 3 N–H and O–H groups in total. The molecule has 0 amide bonds. The van der Waals surface area contributed by atoms with Crippen LogP contribution in [-0.2, 0) is 10.0 Å². The topological polar surface area (TPSA) is 83.1 Å². The Bertz CT molecular complexity index is 1550. The fourth-order valence-electron chi connectivity index (χ4n) is 3.52. The van der Waals surface area contributed by atoms with Gasteiger partial charge in [-0.1, -0.05) is 59.0 Å². The number of halogens is 2. The molecule has 0 bridgehead atoms. The summed E-state index contributed by atoms with van der Waals surface area (Å²) in [7, 11) is -3.79. The van der Waals surface area contributed by atoms with Crippen LogP contribution >= 0.6 is 23.2 Å². The molecule has 0 aliphatic rings. The first-order chi connectivity index (χ1) is 18.4. The second-order valence-corrected chi connectivity index (χ2v) is 10.7. The molecule has 1 heterocycles. The fraction of sp³-hybridized carbons (Fsp3) is 0.138. The number of pyridine rings is 1. The number of nitrogens with one attached hydrogen (secondary N) is 3. The number of aromatic nitrogens is 1. The number of rotatable bonds is 8. The summed E-state index contributed by atoms with van der Waals surface area (Å²) in [6.45, 7) is 0.730. The summed E-state index contributed by atoms with van der Waals surface area (Å²) < 4.78 is 29.0. The minimum atomic E-state index is -3.79. The first-order valence-electron chi connectivity index (χ1n) is 11.7. The van der Waals surface area contributed by atoms with Crippen molar-refractivity contribution in [3.05, 3.63) is 106 Å². The van der Waals surface area contributed by atoms with Gasteiger partial charge in [0.2, 0.25) is 10.0 Å². The Hall–Kier alpha value is -3.40. The van der Waals surface area contributed by atoms with E-state index in [2.05, 4.69) is 44.0 Å². The largest absolute Gasteiger partial charge is 0.290 e. The third kappa shape index (κ3) is 8.05. The molecule has 0 saturated heterocycles. The number of hydrogen-bond acceptors (Lipinski definition) is 5. The van der Waals surface area contributed by atoms with Crippen molar-refractivity contribution in [1.82, 2.24) is 20.3 Å². The lowest BCUT2D eigenvalue weighted by molar-refractivity contribution is 0.457. The van der Waals surface area contributed by atoms with Gasteiger partial charge in [-0.2, -0.15) is 0 Å². The highest BCUT2D eigenvalue weighted by Crippen LogP contribution is 2.21. The Labute approximate surface area is 232 Å². The Kier molecular flexibility index (Phi) is 9.75. The summed E-state index contributed by atoms with van der Waals surface area (Å²) in [6.07, 6.45) is 2.78. The molecule has 0 atom stereocenters. The van der Waals surface area contributed by atoms with Crippen LogP contribution in [0.2, 0.25) is 10.0 Å². The second kappa shape index (κ2) is 13.4. The smallest absolute Gasteiger partial charge is 0.241 e. The predicted octanol–water partition coefficient (Wildman–Crippen LogP) is 4.43. The van der Waals surface area contributed by atoms with Gasteiger partial charge in [-0.3, -0.25) is 15.6 Å². The lowest BCUT2D eigenvalue weighted by Gasteiger charge is -2.19. The van der Waals surface area contributed by atoms with Crippen LogP contribution in [0.1, 0.15) is 11.1 Å². The van der Waals surface area contributed by atoms with Crippen molar-refractivity contribution in [1.29, 1.82) is 0 Å². The summed E-state index contributed by atoms with van der Waals surface area (Å²) in [4.78, 5) is 4.27. The van der Waals surface area contributed by atoms with Gasteiger partial charge in [0, 0.05) is 50.9 Å². The van der Waals surface area contributed by atoms with Gasteiger partial charge in [-0.05, 0) is 60.7 Å². The van der Waals surface area contributed by atoms with E-state index in [1.165, 1.54) is 0 Å². The van der Waals surface area contributed by atoms with E-state index in [4.69, 9.17) is 23.2 Å². The van der Waals surface area contributed by atoms with Crippen molar-refractivity contribution in [2.75, 3.05) is 19.6 Å². The summed E-state index contributed by atoms with van der Waals surface area (Å²) >= 11 is 11.8. The minimum absolute atomic E-state index is 0.0784. The Morgan fingerprint density at radius 2 is 1.37 bits per heavy atom. The van der Waals surface area contributed by atoms with E-state index in [0.29, 0.717) is 28.5 Å². The summed E-state index contributed by atoms with van der Waals surface area (Å²) in [5.41, 5.74) is 1.67. The summed E-state index contributed by atoms with van der Waals surface area (Å²) in [5.74, 6) is 12.2. The Morgan fingerprint density at radius 3 is 1.95 bits per heavy atom. The molecular formula is C29H24Cl2N4O2S. The Morgan fingerprint density at radius 1 is 0.789 bits per heavy atom. The predicted molar refractivity (Wildman–Crippen MR) is 153 cm³/mol. The number of fused-ring (bicyclic) bond motifs is 1. The van der Waals surface area contributed by atoms with E-state index in [-0.39, 0.29) is 11.4 Å². The third-order valence-corrected chi connectivity index (χ3v) is 7.42. The maximum absolute atomic E-state index is 13.2. The van der Waals surface area contributed by atoms with Crippen molar-refractivity contribution in [2.24, 2.45) is 0 Å². The first kappa shape index (κ1) is 27.6. The lowest BCUT2D eigenvalue weighted by atomic mass is 10.2. The second-order valence-electron chi connectivity index (χ2n) is 8.14.